The maximum absolute atomic E-state index is 9.33. The molecule has 0 amide bonds. The number of fused-ring (bicyclic) bond motifs is 1. The van der Waals surface area contributed by atoms with Crippen molar-refractivity contribution >= 4 is 39.3 Å². The molecule has 2 aromatic heterocycles. The molecule has 7 heteroatoms. The number of nitrogens with one attached hydrogen (secondary N) is 1. The van der Waals surface area contributed by atoms with E-state index in [-0.39, 0.29) is 0 Å². The highest BCUT2D eigenvalue weighted by molar-refractivity contribution is 9.10. The van der Waals surface area contributed by atoms with Crippen LogP contribution in [0, 0.1) is 16.1 Å². The Balaban J connectivity index is 2.37. The van der Waals surface area contributed by atoms with Crippen LogP contribution in [0.3, 0.4) is 0 Å². The molecule has 0 unspecified atom stereocenters. The Morgan fingerprint density at radius 3 is 2.90 bits per heavy atom. The Morgan fingerprint density at radius 2 is 2.19 bits per heavy atom. The summed E-state index contributed by atoms with van der Waals surface area (Å²) in [5.41, 5.74) is 2.59. The molecule has 0 saturated carbocycles. The first-order valence-corrected chi connectivity index (χ1v) is 7.20. The van der Waals surface area contributed by atoms with Crippen molar-refractivity contribution in [2.24, 2.45) is 0 Å². The second kappa shape index (κ2) is 5.31. The molecule has 2 heterocycles. The predicted molar refractivity (Wildman–Crippen MR) is 85.2 cm³/mol. The zero-order chi connectivity index (χ0) is 15.0. The van der Waals surface area contributed by atoms with Gasteiger partial charge in [-0.1, -0.05) is 15.9 Å². The molecule has 0 spiro atoms. The highest BCUT2D eigenvalue weighted by Gasteiger charge is 2.13. The first-order chi connectivity index (χ1) is 10.1. The Bertz CT molecular complexity index is 938. The SMILES string of the molecule is COc1ccc2[nH]c(=S)n(-c3ccc(Br)cc3C#N)c2n1. The van der Waals surface area contributed by atoms with Gasteiger partial charge in [0.05, 0.1) is 23.9 Å². The largest absolute Gasteiger partial charge is 0.481 e. The summed E-state index contributed by atoms with van der Waals surface area (Å²) in [6.07, 6.45) is 0. The van der Waals surface area contributed by atoms with Crippen molar-refractivity contribution in [2.75, 3.05) is 7.11 Å². The molecule has 3 aromatic rings. The smallest absolute Gasteiger partial charge is 0.215 e. The number of nitrogens with zero attached hydrogens (tertiary/aromatic N) is 3. The van der Waals surface area contributed by atoms with Crippen molar-refractivity contribution in [1.29, 1.82) is 5.26 Å². The maximum atomic E-state index is 9.33. The third-order valence-electron chi connectivity index (χ3n) is 3.04. The minimum atomic E-state index is 0.476. The molecule has 0 fully saturated rings. The molecule has 0 aliphatic heterocycles. The Hall–Kier alpha value is -2.17. The number of hydrogen-bond acceptors (Lipinski definition) is 4. The van der Waals surface area contributed by atoms with E-state index in [1.807, 2.05) is 18.2 Å². The average molecular weight is 361 g/mol. The number of benzene rings is 1. The van der Waals surface area contributed by atoms with Gasteiger partial charge in [-0.05, 0) is 36.5 Å². The van der Waals surface area contributed by atoms with Crippen LogP contribution in [-0.2, 0) is 0 Å². The Kier molecular flexibility index (Phi) is 3.49. The van der Waals surface area contributed by atoms with E-state index in [1.54, 1.807) is 23.8 Å². The fourth-order valence-corrected chi connectivity index (χ4v) is 2.75. The lowest BCUT2D eigenvalue weighted by Gasteiger charge is -2.07. The van der Waals surface area contributed by atoms with Gasteiger partial charge in [0.15, 0.2) is 10.4 Å². The lowest BCUT2D eigenvalue weighted by molar-refractivity contribution is 0.399. The van der Waals surface area contributed by atoms with E-state index in [9.17, 15) is 5.26 Å². The van der Waals surface area contributed by atoms with Gasteiger partial charge in [-0.2, -0.15) is 10.2 Å². The number of rotatable bonds is 2. The quantitative estimate of drug-likeness (QED) is 0.707. The van der Waals surface area contributed by atoms with E-state index >= 15 is 0 Å². The van der Waals surface area contributed by atoms with E-state index in [0.29, 0.717) is 27.5 Å². The van der Waals surface area contributed by atoms with E-state index in [1.165, 1.54) is 0 Å². The Morgan fingerprint density at radius 1 is 1.38 bits per heavy atom. The third kappa shape index (κ3) is 2.33. The molecule has 104 valence electrons. The number of hydrogen-bond donors (Lipinski definition) is 1. The van der Waals surface area contributed by atoms with Crippen molar-refractivity contribution in [3.05, 3.63) is 45.1 Å². The summed E-state index contributed by atoms with van der Waals surface area (Å²) >= 11 is 8.72. The zero-order valence-electron chi connectivity index (χ0n) is 10.9. The van der Waals surface area contributed by atoms with Crippen molar-refractivity contribution in [2.45, 2.75) is 0 Å². The first kappa shape index (κ1) is 13.8. The van der Waals surface area contributed by atoms with Crippen molar-refractivity contribution < 1.29 is 4.74 Å². The van der Waals surface area contributed by atoms with Gasteiger partial charge in [-0.25, -0.2) is 0 Å². The zero-order valence-corrected chi connectivity index (χ0v) is 13.3. The van der Waals surface area contributed by atoms with Gasteiger partial charge >= 0.3 is 0 Å². The highest BCUT2D eigenvalue weighted by Crippen LogP contribution is 2.25. The number of ether oxygens (including phenoxy) is 1. The molecule has 3 rings (SSSR count). The molecular weight excluding hydrogens is 352 g/mol. The number of H-pyrrole nitrogens is 1. The third-order valence-corrected chi connectivity index (χ3v) is 3.81. The van der Waals surface area contributed by atoms with Crippen molar-refractivity contribution in [3.8, 4) is 17.6 Å². The number of nitriles is 1. The maximum Gasteiger partial charge on any atom is 0.215 e. The van der Waals surface area contributed by atoms with Crippen LogP contribution in [0.15, 0.2) is 34.8 Å². The monoisotopic (exact) mass is 360 g/mol. The molecule has 0 saturated heterocycles. The molecule has 5 nitrogen and oxygen atoms in total. The van der Waals surface area contributed by atoms with Crippen LogP contribution in [-0.4, -0.2) is 21.6 Å². The molecule has 0 radical (unpaired) electrons. The minimum Gasteiger partial charge on any atom is -0.481 e. The van der Waals surface area contributed by atoms with Gasteiger partial charge in [0.1, 0.15) is 6.07 Å². The molecule has 0 bridgehead atoms. The fourth-order valence-electron chi connectivity index (χ4n) is 2.10. The summed E-state index contributed by atoms with van der Waals surface area (Å²) in [6.45, 7) is 0. The Labute approximate surface area is 133 Å². The average Bonchev–Trinajstić information content (AvgIpc) is 2.82. The van der Waals surface area contributed by atoms with Gasteiger partial charge in [0, 0.05) is 10.5 Å². The van der Waals surface area contributed by atoms with Crippen LogP contribution in [0.4, 0.5) is 0 Å². The lowest BCUT2D eigenvalue weighted by atomic mass is 10.2. The molecule has 0 atom stereocenters. The van der Waals surface area contributed by atoms with Crippen molar-refractivity contribution in [1.82, 2.24) is 14.5 Å². The van der Waals surface area contributed by atoms with Crippen LogP contribution in [0.2, 0.25) is 0 Å². The molecule has 0 aliphatic rings. The summed E-state index contributed by atoms with van der Waals surface area (Å²) in [6, 6.07) is 11.2. The number of imidazole rings is 1. The number of methoxy groups -OCH3 is 1. The van der Waals surface area contributed by atoms with Crippen LogP contribution < -0.4 is 4.74 Å². The standard InChI is InChI=1S/C14H9BrN4OS/c1-20-12-5-3-10-13(18-12)19(14(21)17-10)11-4-2-9(15)6-8(11)7-16/h2-6H,1H3,(H,17,21). The van der Waals surface area contributed by atoms with Crippen LogP contribution in [0.5, 0.6) is 5.88 Å². The van der Waals surface area contributed by atoms with Gasteiger partial charge in [0.25, 0.3) is 0 Å². The van der Waals surface area contributed by atoms with E-state index in [0.717, 1.165) is 9.99 Å². The van der Waals surface area contributed by atoms with Gasteiger partial charge < -0.3 is 9.72 Å². The topological polar surface area (TPSA) is 66.6 Å². The predicted octanol–water partition coefficient (Wildman–Crippen LogP) is 3.73. The summed E-state index contributed by atoms with van der Waals surface area (Å²) in [4.78, 5) is 7.49. The van der Waals surface area contributed by atoms with Gasteiger partial charge in [0.2, 0.25) is 5.88 Å². The fraction of sp³-hybridized carbons (Fsp3) is 0.0714. The van der Waals surface area contributed by atoms with Gasteiger partial charge in [-0.15, -0.1) is 0 Å². The van der Waals surface area contributed by atoms with Crippen molar-refractivity contribution in [3.63, 3.8) is 0 Å². The summed E-state index contributed by atoms with van der Waals surface area (Å²) in [5.74, 6) is 0.487. The summed E-state index contributed by atoms with van der Waals surface area (Å²) < 4.78 is 8.20. The highest BCUT2D eigenvalue weighted by atomic mass is 79.9. The molecule has 1 aromatic carbocycles. The molecule has 1 N–H and O–H groups in total. The second-order valence-electron chi connectivity index (χ2n) is 4.26. The number of aromatic nitrogens is 3. The minimum absolute atomic E-state index is 0.476. The number of aromatic amines is 1. The normalized spacial score (nSPS) is 10.5. The number of halogens is 1. The second-order valence-corrected chi connectivity index (χ2v) is 5.57. The molecule has 0 aliphatic carbocycles. The van der Waals surface area contributed by atoms with Crippen LogP contribution in [0.25, 0.3) is 16.9 Å². The van der Waals surface area contributed by atoms with E-state index in [4.69, 9.17) is 17.0 Å². The number of pyridine rings is 1. The van der Waals surface area contributed by atoms with Crippen LogP contribution >= 0.6 is 28.1 Å². The summed E-state index contributed by atoms with van der Waals surface area (Å²) in [7, 11) is 1.56. The van der Waals surface area contributed by atoms with Gasteiger partial charge in [-0.3, -0.25) is 4.57 Å². The molecular formula is C14H9BrN4OS. The van der Waals surface area contributed by atoms with E-state index < -0.39 is 0 Å². The van der Waals surface area contributed by atoms with E-state index in [2.05, 4.69) is 32.0 Å². The summed E-state index contributed by atoms with van der Waals surface area (Å²) in [5, 5.41) is 9.33. The van der Waals surface area contributed by atoms with Crippen LogP contribution in [0.1, 0.15) is 5.56 Å². The first-order valence-electron chi connectivity index (χ1n) is 6.00. The molecule has 21 heavy (non-hydrogen) atoms. The lowest BCUT2D eigenvalue weighted by Crippen LogP contribution is -1.99.